The van der Waals surface area contributed by atoms with Gasteiger partial charge < -0.3 is 29.4 Å². The molecule has 0 aliphatic heterocycles. The lowest BCUT2D eigenvalue weighted by Gasteiger charge is -2.35. The molecule has 0 aromatic heterocycles. The van der Waals surface area contributed by atoms with Crippen LogP contribution in [-0.2, 0) is 23.1 Å². The number of rotatable bonds is 15. The molecule has 6 atom stereocenters. The average molecular weight is 561 g/mol. The predicted octanol–water partition coefficient (Wildman–Crippen LogP) is 3.03. The number of nitrogens with zero attached hydrogens (tertiary/aromatic N) is 1. The smallest absolute Gasteiger partial charge is 0.466 e. The van der Waals surface area contributed by atoms with E-state index in [0.717, 1.165) is 20.0 Å². The van der Waals surface area contributed by atoms with Crippen molar-refractivity contribution in [3.63, 3.8) is 0 Å². The van der Waals surface area contributed by atoms with Crippen LogP contribution in [0, 0.1) is 5.92 Å². The third kappa shape index (κ3) is 13.0. The molecule has 0 spiro atoms. The molecule has 0 heterocycles. The Hall–Kier alpha value is -1.62. The van der Waals surface area contributed by atoms with Gasteiger partial charge in [-0.05, 0) is 31.8 Å². The number of methoxy groups -OCH3 is 1. The van der Waals surface area contributed by atoms with Crippen LogP contribution >= 0.6 is 7.82 Å². The van der Waals surface area contributed by atoms with Crippen LogP contribution in [0.15, 0.2) is 48.6 Å². The molecule has 4 N–H and O–H groups in total. The van der Waals surface area contributed by atoms with E-state index in [1.54, 1.807) is 6.08 Å². The number of hydrogen-bond donors (Lipinski definition) is 4. The molecule has 0 bridgehead atoms. The van der Waals surface area contributed by atoms with Gasteiger partial charge in [0.05, 0.1) is 34.4 Å². The summed E-state index contributed by atoms with van der Waals surface area (Å²) >= 11 is 0. The molecule has 38 heavy (non-hydrogen) atoms. The Kier molecular flexibility index (Phi) is 14.3. The molecule has 1 aliphatic rings. The topological polar surface area (TPSA) is 143 Å². The number of allylic oxidation sites excluding steroid dienone is 3. The average Bonchev–Trinajstić information content (AvgIpc) is 2.84. The first-order valence-corrected chi connectivity index (χ1v) is 14.4. The quantitative estimate of drug-likeness (QED) is 0.0594. The Morgan fingerprint density at radius 3 is 2.26 bits per heavy atom. The Bertz CT molecular complexity index is 885. The second-order valence-electron chi connectivity index (χ2n) is 10.8. The third-order valence-corrected chi connectivity index (χ3v) is 7.56. The number of ether oxygens (including phenoxy) is 1. The van der Waals surface area contributed by atoms with E-state index in [0.29, 0.717) is 5.92 Å². The minimum Gasteiger partial charge on any atom is -0.466 e. The Labute approximate surface area is 227 Å². The molecule has 10 nitrogen and oxygen atoms in total. The van der Waals surface area contributed by atoms with Gasteiger partial charge >= 0.3 is 13.8 Å². The van der Waals surface area contributed by atoms with E-state index in [-0.39, 0.29) is 10.9 Å². The van der Waals surface area contributed by atoms with Gasteiger partial charge in [0.1, 0.15) is 23.9 Å². The summed E-state index contributed by atoms with van der Waals surface area (Å²) in [7, 11) is 3.18. The van der Waals surface area contributed by atoms with Crippen molar-refractivity contribution in [2.45, 2.75) is 75.4 Å². The zero-order chi connectivity index (χ0) is 29.0. The van der Waals surface area contributed by atoms with Gasteiger partial charge in [0.25, 0.3) is 0 Å². The number of esters is 1. The lowest BCUT2D eigenvalue weighted by Crippen LogP contribution is -2.50. The van der Waals surface area contributed by atoms with Gasteiger partial charge in [0, 0.05) is 19.6 Å². The van der Waals surface area contributed by atoms with Crippen LogP contribution in [-0.4, -0.2) is 96.0 Å². The molecule has 2 unspecified atom stereocenters. The summed E-state index contributed by atoms with van der Waals surface area (Å²) < 4.78 is 26.7. The van der Waals surface area contributed by atoms with E-state index in [4.69, 9.17) is 4.52 Å². The van der Waals surface area contributed by atoms with Crippen molar-refractivity contribution in [2.75, 3.05) is 35.4 Å². The first kappa shape index (κ1) is 34.4. The normalized spacial score (nSPS) is 22.5. The number of phosphoric ester groups is 1. The monoisotopic (exact) mass is 560 g/mol. The predicted molar refractivity (Wildman–Crippen MR) is 146 cm³/mol. The summed E-state index contributed by atoms with van der Waals surface area (Å²) in [6.45, 7) is 1.33. The van der Waals surface area contributed by atoms with Gasteiger partial charge in [0.2, 0.25) is 0 Å². The molecular weight excluding hydrogens is 513 g/mol. The van der Waals surface area contributed by atoms with Gasteiger partial charge in [-0.15, -0.1) is 0 Å². The van der Waals surface area contributed by atoms with Gasteiger partial charge in [-0.3, -0.25) is 9.05 Å². The van der Waals surface area contributed by atoms with Crippen molar-refractivity contribution < 1.29 is 47.8 Å². The van der Waals surface area contributed by atoms with Crippen molar-refractivity contribution in [1.29, 1.82) is 0 Å². The summed E-state index contributed by atoms with van der Waals surface area (Å²) in [5.74, 6) is -0.0483. The van der Waals surface area contributed by atoms with E-state index in [9.17, 15) is 29.6 Å². The molecule has 1 fully saturated rings. The second-order valence-corrected chi connectivity index (χ2v) is 12.3. The van der Waals surface area contributed by atoms with Crippen LogP contribution in [0.1, 0.15) is 45.4 Å². The van der Waals surface area contributed by atoms with Gasteiger partial charge in [-0.2, -0.15) is 0 Å². The van der Waals surface area contributed by atoms with Crippen molar-refractivity contribution in [3.05, 3.63) is 48.6 Å². The maximum atomic E-state index is 12.2. The highest BCUT2D eigenvalue weighted by Gasteiger charge is 2.38. The highest BCUT2D eigenvalue weighted by atomic mass is 31.2. The number of carbonyl (C=O) groups is 1. The van der Waals surface area contributed by atoms with Crippen molar-refractivity contribution in [1.82, 2.24) is 0 Å². The van der Waals surface area contributed by atoms with E-state index in [1.807, 2.05) is 27.2 Å². The SMILES string of the molecule is COC(=O)/C=C/[C@@H]([C@@H](O)/C=C/[C@@](C)(O)[C@@H](CC(O)/C=C\C=C/C1CCCCC1)OP(=O)(O)OC)[N+](C)(C)C. The fourth-order valence-electron chi connectivity index (χ4n) is 4.22. The third-order valence-electron chi connectivity index (χ3n) is 6.58. The molecule has 0 aromatic carbocycles. The summed E-state index contributed by atoms with van der Waals surface area (Å²) in [5, 5.41) is 32.5. The summed E-state index contributed by atoms with van der Waals surface area (Å²) in [6, 6.07) is -0.590. The van der Waals surface area contributed by atoms with E-state index in [1.165, 1.54) is 63.7 Å². The molecule has 218 valence electrons. The molecular formula is C27H47NO9P+. The van der Waals surface area contributed by atoms with Crippen LogP contribution in [0.3, 0.4) is 0 Å². The molecule has 1 rings (SSSR count). The molecule has 1 saturated carbocycles. The summed E-state index contributed by atoms with van der Waals surface area (Å²) in [4.78, 5) is 21.4. The number of hydrogen-bond acceptors (Lipinski definition) is 8. The Morgan fingerprint density at radius 2 is 1.71 bits per heavy atom. The van der Waals surface area contributed by atoms with Gasteiger partial charge in [0.15, 0.2) is 0 Å². The van der Waals surface area contributed by atoms with Crippen LogP contribution in [0.2, 0.25) is 0 Å². The van der Waals surface area contributed by atoms with E-state index >= 15 is 0 Å². The van der Waals surface area contributed by atoms with Gasteiger partial charge in [-0.25, -0.2) is 9.36 Å². The Balaban J connectivity index is 3.04. The molecule has 0 amide bonds. The van der Waals surface area contributed by atoms with Gasteiger partial charge in [-0.1, -0.05) is 55.7 Å². The number of aliphatic hydroxyl groups excluding tert-OH is 2. The van der Waals surface area contributed by atoms with Crippen molar-refractivity contribution in [2.24, 2.45) is 5.92 Å². The van der Waals surface area contributed by atoms with Crippen molar-refractivity contribution >= 4 is 13.8 Å². The minimum absolute atomic E-state index is 0.226. The fraction of sp³-hybridized carbons (Fsp3) is 0.667. The van der Waals surface area contributed by atoms with Crippen LogP contribution in [0.4, 0.5) is 0 Å². The zero-order valence-corrected chi connectivity index (χ0v) is 24.4. The largest absolute Gasteiger partial charge is 0.472 e. The lowest BCUT2D eigenvalue weighted by atomic mass is 9.89. The molecule has 0 aromatic rings. The first-order valence-electron chi connectivity index (χ1n) is 12.9. The fourth-order valence-corrected chi connectivity index (χ4v) is 4.93. The number of quaternary nitrogens is 1. The number of phosphoric acid groups is 1. The zero-order valence-electron chi connectivity index (χ0n) is 23.5. The van der Waals surface area contributed by atoms with Crippen LogP contribution < -0.4 is 0 Å². The second kappa shape index (κ2) is 15.8. The standard InChI is InChI=1S/C27H46NO9P/c1-27(32,19-18-24(30)23(28(2,3)4)16-17-26(31)35-5)25(37-38(33,34)36-6)20-22(29)15-11-10-14-21-12-8-7-9-13-21/h10-11,14-19,21-25,29-30,32H,7-9,12-13,20H2,1-6H3/p+1/b14-10-,15-11-,17-16+,19-18+/t22?,23-,24-,25+,27+/m0/s1. The highest BCUT2D eigenvalue weighted by Crippen LogP contribution is 2.46. The van der Waals surface area contributed by atoms with Crippen LogP contribution in [0.5, 0.6) is 0 Å². The Morgan fingerprint density at radius 1 is 1.08 bits per heavy atom. The van der Waals surface area contributed by atoms with E-state index < -0.39 is 43.7 Å². The maximum absolute atomic E-state index is 12.2. The molecule has 0 saturated heterocycles. The summed E-state index contributed by atoms with van der Waals surface area (Å²) in [6.07, 6.45) is 14.7. The maximum Gasteiger partial charge on any atom is 0.472 e. The molecule has 1 aliphatic carbocycles. The number of carbonyl (C=O) groups excluding carboxylic acids is 1. The molecule has 0 radical (unpaired) electrons. The van der Waals surface area contributed by atoms with E-state index in [2.05, 4.69) is 15.3 Å². The minimum atomic E-state index is -4.52. The number of aliphatic hydroxyl groups is 3. The number of likely N-dealkylation sites (N-methyl/N-ethyl adjacent to an activating group) is 1. The van der Waals surface area contributed by atoms with Crippen LogP contribution in [0.25, 0.3) is 0 Å². The van der Waals surface area contributed by atoms with Crippen molar-refractivity contribution in [3.8, 4) is 0 Å². The summed E-state index contributed by atoms with van der Waals surface area (Å²) in [5.41, 5.74) is -1.88. The molecule has 11 heteroatoms. The lowest BCUT2D eigenvalue weighted by molar-refractivity contribution is -0.891. The highest BCUT2D eigenvalue weighted by molar-refractivity contribution is 7.47. The first-order chi connectivity index (χ1) is 17.6.